The second-order valence-corrected chi connectivity index (χ2v) is 3.44. The van der Waals surface area contributed by atoms with Crippen LogP contribution in [0.25, 0.3) is 0 Å². The lowest BCUT2D eigenvalue weighted by Gasteiger charge is -2.24. The summed E-state index contributed by atoms with van der Waals surface area (Å²) in [6, 6.07) is 3.40. The van der Waals surface area contributed by atoms with E-state index in [2.05, 4.69) is 10.5 Å². The van der Waals surface area contributed by atoms with E-state index in [1.807, 2.05) is 0 Å². The third-order valence-corrected chi connectivity index (χ3v) is 2.35. The molecule has 1 aromatic rings. The van der Waals surface area contributed by atoms with Gasteiger partial charge < -0.3 is 4.43 Å². The van der Waals surface area contributed by atoms with Crippen LogP contribution in [-0.2, 0) is 10.0 Å². The van der Waals surface area contributed by atoms with Crippen molar-refractivity contribution in [3.63, 3.8) is 0 Å². The van der Waals surface area contributed by atoms with E-state index in [1.165, 1.54) is 12.1 Å². The van der Waals surface area contributed by atoms with Crippen molar-refractivity contribution in [1.29, 1.82) is 0 Å². The Hall–Kier alpha value is -0.743. The van der Waals surface area contributed by atoms with Crippen molar-refractivity contribution in [2.75, 3.05) is 0 Å². The van der Waals surface area contributed by atoms with Crippen LogP contribution in [0.1, 0.15) is 19.4 Å². The molecule has 69 valence electrons. The molecule has 0 amide bonds. The van der Waals surface area contributed by atoms with Gasteiger partial charge in [0, 0.05) is 11.6 Å². The molecule has 3 radical (unpaired) electrons. The number of halogens is 2. The quantitative estimate of drug-likeness (QED) is 0.664. The maximum atomic E-state index is 13.2. The minimum Gasteiger partial charge on any atom is -0.410 e. The Bertz CT molecular complexity index is 312. The van der Waals surface area contributed by atoms with Crippen LogP contribution in [0.4, 0.5) is 8.78 Å². The predicted octanol–water partition coefficient (Wildman–Crippen LogP) is 2.30. The molecule has 0 fully saturated rings. The van der Waals surface area contributed by atoms with E-state index in [9.17, 15) is 8.78 Å². The molecule has 0 N–H and O–H groups in total. The van der Waals surface area contributed by atoms with Gasteiger partial charge >= 0.3 is 0 Å². The Morgan fingerprint density at radius 1 is 1.31 bits per heavy atom. The Labute approximate surface area is 79.3 Å². The van der Waals surface area contributed by atoms with Crippen LogP contribution in [0.15, 0.2) is 18.2 Å². The van der Waals surface area contributed by atoms with Crippen molar-refractivity contribution in [2.45, 2.75) is 19.4 Å². The minimum absolute atomic E-state index is 0.309. The summed E-state index contributed by atoms with van der Waals surface area (Å²) >= 11 is 0. The van der Waals surface area contributed by atoms with Crippen molar-refractivity contribution >= 4 is 10.5 Å². The molecule has 0 heterocycles. The zero-order chi connectivity index (χ0) is 10.1. The van der Waals surface area contributed by atoms with E-state index in [-0.39, 0.29) is 0 Å². The lowest BCUT2D eigenvalue weighted by molar-refractivity contribution is 0.118. The molecule has 0 saturated carbocycles. The second-order valence-electron chi connectivity index (χ2n) is 3.24. The fourth-order valence-corrected chi connectivity index (χ4v) is 1.14. The van der Waals surface area contributed by atoms with Crippen molar-refractivity contribution in [2.24, 2.45) is 0 Å². The summed E-state index contributed by atoms with van der Waals surface area (Å²) in [5, 5.41) is 0. The second kappa shape index (κ2) is 3.55. The maximum Gasteiger partial charge on any atom is 0.247 e. The highest BCUT2D eigenvalue weighted by Crippen LogP contribution is 2.26. The summed E-state index contributed by atoms with van der Waals surface area (Å²) < 4.78 is 30.6. The third-order valence-electron chi connectivity index (χ3n) is 1.83. The Morgan fingerprint density at radius 3 is 2.38 bits per heavy atom. The molecule has 13 heavy (non-hydrogen) atoms. The highest BCUT2D eigenvalue weighted by Gasteiger charge is 2.22. The molecule has 1 rings (SSSR count). The average molecular weight is 199 g/mol. The van der Waals surface area contributed by atoms with Gasteiger partial charge in [-0.1, -0.05) is 6.07 Å². The van der Waals surface area contributed by atoms with Crippen LogP contribution < -0.4 is 0 Å². The number of hydrogen-bond donors (Lipinski definition) is 0. The summed E-state index contributed by atoms with van der Waals surface area (Å²) in [6.45, 7) is 3.35. The standard InChI is InChI=1S/C9H9F2OSi/c1-9(2,12-13)7-4-3-6(10)5-8(7)11/h3-5H,1-2H3. The van der Waals surface area contributed by atoms with Crippen LogP contribution in [0.3, 0.4) is 0 Å². The first-order valence-electron chi connectivity index (χ1n) is 3.77. The van der Waals surface area contributed by atoms with Gasteiger partial charge in [-0.2, -0.15) is 0 Å². The first kappa shape index (κ1) is 10.3. The normalized spacial score (nSPS) is 11.8. The molecule has 0 aliphatic carbocycles. The number of hydrogen-bond acceptors (Lipinski definition) is 1. The van der Waals surface area contributed by atoms with Gasteiger partial charge in [0.15, 0.2) is 0 Å². The lowest BCUT2D eigenvalue weighted by Crippen LogP contribution is -2.21. The molecular formula is C9H9F2OSi. The van der Waals surface area contributed by atoms with Gasteiger partial charge in [0.1, 0.15) is 11.6 Å². The lowest BCUT2D eigenvalue weighted by atomic mass is 9.98. The molecule has 0 spiro atoms. The maximum absolute atomic E-state index is 13.2. The monoisotopic (exact) mass is 199 g/mol. The summed E-state index contributed by atoms with van der Waals surface area (Å²) in [6.07, 6.45) is 0. The number of benzene rings is 1. The topological polar surface area (TPSA) is 9.23 Å². The van der Waals surface area contributed by atoms with Gasteiger partial charge in [-0.3, -0.25) is 0 Å². The van der Waals surface area contributed by atoms with E-state index < -0.39 is 17.2 Å². The summed E-state index contributed by atoms with van der Waals surface area (Å²) in [5.41, 5.74) is -0.502. The average Bonchev–Trinajstić information content (AvgIpc) is 2.03. The van der Waals surface area contributed by atoms with Gasteiger partial charge in [0.05, 0.1) is 5.60 Å². The highest BCUT2D eigenvalue weighted by molar-refractivity contribution is 5.98. The molecule has 0 aliphatic heterocycles. The fraction of sp³-hybridized carbons (Fsp3) is 0.333. The molecular weight excluding hydrogens is 190 g/mol. The van der Waals surface area contributed by atoms with E-state index in [0.29, 0.717) is 5.56 Å². The zero-order valence-corrected chi connectivity index (χ0v) is 8.40. The molecule has 0 saturated heterocycles. The first-order valence-corrected chi connectivity index (χ1v) is 4.18. The van der Waals surface area contributed by atoms with E-state index in [4.69, 9.17) is 4.43 Å². The summed E-state index contributed by atoms with van der Waals surface area (Å²) in [7, 11) is 2.85. The van der Waals surface area contributed by atoms with Crippen molar-refractivity contribution in [3.8, 4) is 0 Å². The molecule has 4 heteroatoms. The van der Waals surface area contributed by atoms with E-state index in [1.54, 1.807) is 13.8 Å². The summed E-state index contributed by atoms with van der Waals surface area (Å²) in [4.78, 5) is 0. The van der Waals surface area contributed by atoms with Crippen LogP contribution in [0.5, 0.6) is 0 Å². The first-order chi connectivity index (χ1) is 5.97. The van der Waals surface area contributed by atoms with E-state index >= 15 is 0 Å². The molecule has 0 aromatic heterocycles. The van der Waals surface area contributed by atoms with Crippen LogP contribution in [0.2, 0.25) is 0 Å². The molecule has 0 unspecified atom stereocenters. The Kier molecular flexibility index (Phi) is 2.83. The van der Waals surface area contributed by atoms with Gasteiger partial charge in [-0.05, 0) is 19.9 Å². The van der Waals surface area contributed by atoms with Crippen LogP contribution >= 0.6 is 0 Å². The van der Waals surface area contributed by atoms with Crippen molar-refractivity contribution in [3.05, 3.63) is 35.4 Å². The minimum atomic E-state index is -0.811. The highest BCUT2D eigenvalue weighted by atomic mass is 28.2. The molecule has 0 bridgehead atoms. The number of rotatable bonds is 2. The predicted molar refractivity (Wildman–Crippen MR) is 46.2 cm³/mol. The summed E-state index contributed by atoms with van der Waals surface area (Å²) in [5.74, 6) is -1.20. The molecule has 1 aromatic carbocycles. The van der Waals surface area contributed by atoms with Crippen molar-refractivity contribution < 1.29 is 13.2 Å². The zero-order valence-electron chi connectivity index (χ0n) is 7.40. The molecule has 1 nitrogen and oxygen atoms in total. The van der Waals surface area contributed by atoms with Gasteiger partial charge in [0.25, 0.3) is 0 Å². The SMILES string of the molecule is CC(C)(O[Si])c1ccc(F)cc1F. The molecule has 0 aliphatic rings. The largest absolute Gasteiger partial charge is 0.410 e. The van der Waals surface area contributed by atoms with Crippen LogP contribution in [0, 0.1) is 11.6 Å². The van der Waals surface area contributed by atoms with Crippen LogP contribution in [-0.4, -0.2) is 10.5 Å². The Morgan fingerprint density at radius 2 is 1.92 bits per heavy atom. The smallest absolute Gasteiger partial charge is 0.247 e. The van der Waals surface area contributed by atoms with E-state index in [0.717, 1.165) is 6.07 Å². The third kappa shape index (κ3) is 2.13. The Balaban J connectivity index is 3.16. The van der Waals surface area contributed by atoms with Gasteiger partial charge in [-0.25, -0.2) is 8.78 Å². The van der Waals surface area contributed by atoms with Gasteiger partial charge in [0.2, 0.25) is 10.5 Å². The molecule has 0 atom stereocenters. The fourth-order valence-electron chi connectivity index (χ4n) is 1.03. The van der Waals surface area contributed by atoms with Gasteiger partial charge in [-0.15, -0.1) is 0 Å². The van der Waals surface area contributed by atoms with Crippen molar-refractivity contribution in [1.82, 2.24) is 0 Å².